The first-order valence-corrected chi connectivity index (χ1v) is 8.42. The van der Waals surface area contributed by atoms with Crippen molar-refractivity contribution in [2.24, 2.45) is 0 Å². The highest BCUT2D eigenvalue weighted by molar-refractivity contribution is 7.12. The van der Waals surface area contributed by atoms with Gasteiger partial charge in [-0.1, -0.05) is 6.07 Å². The first kappa shape index (κ1) is 15.6. The molecule has 0 radical (unpaired) electrons. The van der Waals surface area contributed by atoms with Crippen molar-refractivity contribution in [1.29, 1.82) is 0 Å². The molecule has 3 rings (SSSR count). The summed E-state index contributed by atoms with van der Waals surface area (Å²) in [4.78, 5) is 24.4. The summed E-state index contributed by atoms with van der Waals surface area (Å²) < 4.78 is 1.78. The summed E-state index contributed by atoms with van der Waals surface area (Å²) in [5.41, 5.74) is 0. The molecule has 0 aliphatic heterocycles. The molecule has 0 spiro atoms. The molecule has 1 aliphatic rings. The van der Waals surface area contributed by atoms with Gasteiger partial charge in [0.15, 0.2) is 5.82 Å². The summed E-state index contributed by atoms with van der Waals surface area (Å²) in [5, 5.41) is 19.1. The van der Waals surface area contributed by atoms with Gasteiger partial charge in [0.05, 0.1) is 17.0 Å². The molecule has 1 saturated carbocycles. The van der Waals surface area contributed by atoms with Gasteiger partial charge >= 0.3 is 0 Å². The molecule has 122 valence electrons. The molecule has 0 saturated heterocycles. The average Bonchev–Trinajstić information content (AvgIpc) is 3.05. The molecule has 2 aromatic heterocycles. The number of rotatable bonds is 7. The Morgan fingerprint density at radius 2 is 2.30 bits per heavy atom. The highest BCUT2D eigenvalue weighted by Crippen LogP contribution is 2.35. The first-order valence-electron chi connectivity index (χ1n) is 7.54. The Bertz CT molecular complexity index is 679. The van der Waals surface area contributed by atoms with Crippen LogP contribution < -0.4 is 10.6 Å². The van der Waals surface area contributed by atoms with Gasteiger partial charge < -0.3 is 10.6 Å². The molecule has 0 aromatic carbocycles. The van der Waals surface area contributed by atoms with Crippen LogP contribution in [0.4, 0.5) is 0 Å². The van der Waals surface area contributed by atoms with E-state index in [0.717, 1.165) is 12.8 Å². The molecular weight excluding hydrogens is 316 g/mol. The van der Waals surface area contributed by atoms with Crippen LogP contribution in [0.2, 0.25) is 0 Å². The van der Waals surface area contributed by atoms with Crippen molar-refractivity contribution in [3.63, 3.8) is 0 Å². The fourth-order valence-electron chi connectivity index (χ4n) is 2.23. The number of nitrogens with one attached hydrogen (secondary N) is 2. The van der Waals surface area contributed by atoms with E-state index in [2.05, 4.69) is 26.2 Å². The number of nitrogens with zero attached hydrogens (tertiary/aromatic N) is 4. The largest absolute Gasteiger partial charge is 0.351 e. The predicted octanol–water partition coefficient (Wildman–Crippen LogP) is 1.07. The molecule has 1 atom stereocenters. The van der Waals surface area contributed by atoms with Gasteiger partial charge in [-0.05, 0) is 41.6 Å². The van der Waals surface area contributed by atoms with Gasteiger partial charge in [0.1, 0.15) is 0 Å². The van der Waals surface area contributed by atoms with E-state index in [1.165, 1.54) is 11.3 Å². The molecule has 2 aromatic rings. The molecular formula is C14H18N6O2S. The Labute approximate surface area is 137 Å². The standard InChI is InChI=1S/C14H18N6O2S/c1-9(13-17-18-19-20(13)10-4-5-10)16-12(21)6-7-15-14(22)11-3-2-8-23-11/h2-3,8-10H,4-7H2,1H3,(H,15,22)(H,16,21)/t9-/m0/s1. The zero-order valence-electron chi connectivity index (χ0n) is 12.7. The third kappa shape index (κ3) is 3.92. The van der Waals surface area contributed by atoms with Crippen molar-refractivity contribution >= 4 is 23.2 Å². The maximum absolute atomic E-state index is 12.0. The molecule has 1 aliphatic carbocycles. The lowest BCUT2D eigenvalue weighted by Crippen LogP contribution is -2.32. The van der Waals surface area contributed by atoms with Gasteiger partial charge in [0, 0.05) is 13.0 Å². The topological polar surface area (TPSA) is 102 Å². The van der Waals surface area contributed by atoms with Crippen LogP contribution in [-0.4, -0.2) is 38.6 Å². The van der Waals surface area contributed by atoms with Crippen LogP contribution in [0.15, 0.2) is 17.5 Å². The second-order valence-electron chi connectivity index (χ2n) is 5.49. The SMILES string of the molecule is C[C@H](NC(=O)CCNC(=O)c1cccs1)c1nnnn1C1CC1. The summed E-state index contributed by atoms with van der Waals surface area (Å²) in [6.07, 6.45) is 2.37. The van der Waals surface area contributed by atoms with Crippen LogP contribution >= 0.6 is 11.3 Å². The van der Waals surface area contributed by atoms with Crippen LogP contribution in [-0.2, 0) is 4.79 Å². The van der Waals surface area contributed by atoms with Gasteiger partial charge in [-0.3, -0.25) is 9.59 Å². The van der Waals surface area contributed by atoms with E-state index in [9.17, 15) is 9.59 Å². The van der Waals surface area contributed by atoms with Crippen molar-refractivity contribution < 1.29 is 9.59 Å². The van der Waals surface area contributed by atoms with Crippen molar-refractivity contribution in [1.82, 2.24) is 30.8 Å². The van der Waals surface area contributed by atoms with E-state index < -0.39 is 0 Å². The second-order valence-corrected chi connectivity index (χ2v) is 6.43. The maximum atomic E-state index is 12.0. The molecule has 1 fully saturated rings. The minimum absolute atomic E-state index is 0.144. The Morgan fingerprint density at radius 1 is 1.48 bits per heavy atom. The number of hydrogen-bond acceptors (Lipinski definition) is 6. The van der Waals surface area contributed by atoms with E-state index in [-0.39, 0.29) is 24.3 Å². The van der Waals surface area contributed by atoms with E-state index >= 15 is 0 Å². The molecule has 2 N–H and O–H groups in total. The Hall–Kier alpha value is -2.29. The highest BCUT2D eigenvalue weighted by atomic mass is 32.1. The van der Waals surface area contributed by atoms with Crippen LogP contribution in [0, 0.1) is 0 Å². The third-order valence-electron chi connectivity index (χ3n) is 3.56. The van der Waals surface area contributed by atoms with E-state index in [1.807, 2.05) is 18.4 Å². The number of carbonyl (C=O) groups excluding carboxylic acids is 2. The van der Waals surface area contributed by atoms with Crippen molar-refractivity contribution in [2.45, 2.75) is 38.3 Å². The first-order chi connectivity index (χ1) is 11.1. The quantitative estimate of drug-likeness (QED) is 0.788. The van der Waals surface area contributed by atoms with E-state index in [1.54, 1.807) is 10.7 Å². The lowest BCUT2D eigenvalue weighted by atomic mass is 10.3. The summed E-state index contributed by atoms with van der Waals surface area (Å²) >= 11 is 1.37. The van der Waals surface area contributed by atoms with Crippen molar-refractivity contribution in [3.8, 4) is 0 Å². The van der Waals surface area contributed by atoms with Crippen LogP contribution in [0.3, 0.4) is 0 Å². The van der Waals surface area contributed by atoms with Crippen molar-refractivity contribution in [2.75, 3.05) is 6.54 Å². The minimum atomic E-state index is -0.258. The maximum Gasteiger partial charge on any atom is 0.261 e. The lowest BCUT2D eigenvalue weighted by molar-refractivity contribution is -0.121. The second kappa shape index (κ2) is 6.86. The normalized spacial score (nSPS) is 15.2. The minimum Gasteiger partial charge on any atom is -0.351 e. The average molecular weight is 334 g/mol. The van der Waals surface area contributed by atoms with Gasteiger partial charge in [-0.2, -0.15) is 0 Å². The number of carbonyl (C=O) groups is 2. The van der Waals surface area contributed by atoms with E-state index in [0.29, 0.717) is 23.3 Å². The smallest absolute Gasteiger partial charge is 0.261 e. The van der Waals surface area contributed by atoms with Crippen LogP contribution in [0.1, 0.15) is 53.8 Å². The molecule has 2 amide bonds. The lowest BCUT2D eigenvalue weighted by Gasteiger charge is -2.13. The van der Waals surface area contributed by atoms with Gasteiger partial charge in [-0.15, -0.1) is 16.4 Å². The zero-order valence-corrected chi connectivity index (χ0v) is 13.5. The number of tetrazole rings is 1. The van der Waals surface area contributed by atoms with Gasteiger partial charge in [0.25, 0.3) is 5.91 Å². The zero-order chi connectivity index (χ0) is 16.2. The highest BCUT2D eigenvalue weighted by Gasteiger charge is 2.29. The molecule has 0 unspecified atom stereocenters. The number of thiophene rings is 1. The van der Waals surface area contributed by atoms with Gasteiger partial charge in [-0.25, -0.2) is 4.68 Å². The molecule has 0 bridgehead atoms. The Balaban J connectivity index is 1.43. The molecule has 9 heteroatoms. The fourth-order valence-corrected chi connectivity index (χ4v) is 2.87. The van der Waals surface area contributed by atoms with E-state index in [4.69, 9.17) is 0 Å². The molecule has 8 nitrogen and oxygen atoms in total. The van der Waals surface area contributed by atoms with Crippen molar-refractivity contribution in [3.05, 3.63) is 28.2 Å². The summed E-state index contributed by atoms with van der Waals surface area (Å²) in [6.45, 7) is 2.15. The number of aromatic nitrogens is 4. The molecule has 23 heavy (non-hydrogen) atoms. The summed E-state index contributed by atoms with van der Waals surface area (Å²) in [6, 6.07) is 3.67. The van der Waals surface area contributed by atoms with Crippen LogP contribution in [0.25, 0.3) is 0 Å². The monoisotopic (exact) mass is 334 g/mol. The van der Waals surface area contributed by atoms with Crippen LogP contribution in [0.5, 0.6) is 0 Å². The number of hydrogen-bond donors (Lipinski definition) is 2. The Morgan fingerprint density at radius 3 is 3.00 bits per heavy atom. The Kier molecular flexibility index (Phi) is 4.65. The third-order valence-corrected chi connectivity index (χ3v) is 4.43. The fraction of sp³-hybridized carbons (Fsp3) is 0.500. The number of amides is 2. The molecule has 2 heterocycles. The summed E-state index contributed by atoms with van der Waals surface area (Å²) in [5.74, 6) is 0.372. The van der Waals surface area contributed by atoms with Gasteiger partial charge in [0.2, 0.25) is 5.91 Å². The predicted molar refractivity (Wildman–Crippen MR) is 83.9 cm³/mol. The summed E-state index contributed by atoms with van der Waals surface area (Å²) in [7, 11) is 0.